The Morgan fingerprint density at radius 3 is 2.16 bits per heavy atom. The van der Waals surface area contributed by atoms with Crippen molar-refractivity contribution in [1.82, 2.24) is 14.9 Å². The maximum absolute atomic E-state index is 12.5. The van der Waals surface area contributed by atoms with Gasteiger partial charge in [0.15, 0.2) is 11.4 Å². The SMILES string of the molecule is CCn1c(C(O)(c2ccccc2)c2ccccc2)nc2cc(C(=O)NC[C@H](C)O)ccc21. The van der Waals surface area contributed by atoms with Gasteiger partial charge in [-0.05, 0) is 43.2 Å². The average Bonchev–Trinajstić information content (AvgIpc) is 3.21. The van der Waals surface area contributed by atoms with Crippen LogP contribution in [-0.2, 0) is 12.1 Å². The van der Waals surface area contributed by atoms with Crippen LogP contribution in [0.1, 0.15) is 41.2 Å². The second-order valence-corrected chi connectivity index (χ2v) is 7.88. The average molecular weight is 430 g/mol. The fourth-order valence-corrected chi connectivity index (χ4v) is 3.99. The van der Waals surface area contributed by atoms with Gasteiger partial charge in [0, 0.05) is 18.7 Å². The molecular weight excluding hydrogens is 402 g/mol. The predicted octanol–water partition coefficient (Wildman–Crippen LogP) is 3.45. The van der Waals surface area contributed by atoms with E-state index in [2.05, 4.69) is 5.32 Å². The van der Waals surface area contributed by atoms with Crippen LogP contribution in [0.5, 0.6) is 0 Å². The molecule has 0 fully saturated rings. The number of nitrogens with one attached hydrogen (secondary N) is 1. The molecule has 164 valence electrons. The maximum atomic E-state index is 12.5. The lowest BCUT2D eigenvalue weighted by atomic mass is 9.85. The molecule has 1 aromatic heterocycles. The molecule has 1 heterocycles. The number of aryl methyl sites for hydroxylation is 1. The molecule has 0 aliphatic rings. The first-order valence-corrected chi connectivity index (χ1v) is 10.8. The van der Waals surface area contributed by atoms with E-state index in [1.165, 1.54) is 0 Å². The first kappa shape index (κ1) is 21.7. The fourth-order valence-electron chi connectivity index (χ4n) is 3.99. The summed E-state index contributed by atoms with van der Waals surface area (Å²) >= 11 is 0. The second-order valence-electron chi connectivity index (χ2n) is 7.88. The number of nitrogens with zero attached hydrogens (tertiary/aromatic N) is 2. The first-order chi connectivity index (χ1) is 15.4. The summed E-state index contributed by atoms with van der Waals surface area (Å²) in [6.45, 7) is 4.39. The summed E-state index contributed by atoms with van der Waals surface area (Å²) in [5.74, 6) is 0.218. The van der Waals surface area contributed by atoms with E-state index in [9.17, 15) is 15.0 Å². The number of carbonyl (C=O) groups is 1. The van der Waals surface area contributed by atoms with Crippen LogP contribution in [0.2, 0.25) is 0 Å². The Hall–Kier alpha value is -3.48. The lowest BCUT2D eigenvalue weighted by Crippen LogP contribution is -2.32. The van der Waals surface area contributed by atoms with Crippen molar-refractivity contribution in [3.05, 3.63) is 101 Å². The maximum Gasteiger partial charge on any atom is 0.251 e. The summed E-state index contributed by atoms with van der Waals surface area (Å²) in [7, 11) is 0. The number of rotatable bonds is 7. The molecule has 0 aliphatic carbocycles. The van der Waals surface area contributed by atoms with Gasteiger partial charge in [0.25, 0.3) is 5.91 Å². The monoisotopic (exact) mass is 429 g/mol. The Kier molecular flexibility index (Phi) is 6.08. The molecular formula is C26H27N3O3. The van der Waals surface area contributed by atoms with Gasteiger partial charge in [-0.3, -0.25) is 4.79 Å². The molecule has 0 bridgehead atoms. The highest BCUT2D eigenvalue weighted by molar-refractivity contribution is 5.97. The van der Waals surface area contributed by atoms with E-state index in [-0.39, 0.29) is 12.5 Å². The number of aliphatic hydroxyl groups excluding tert-OH is 1. The Morgan fingerprint density at radius 2 is 1.62 bits per heavy atom. The first-order valence-electron chi connectivity index (χ1n) is 10.8. The molecule has 0 radical (unpaired) electrons. The minimum atomic E-state index is -1.47. The summed E-state index contributed by atoms with van der Waals surface area (Å²) in [6.07, 6.45) is -0.625. The highest BCUT2D eigenvalue weighted by Crippen LogP contribution is 2.37. The quantitative estimate of drug-likeness (QED) is 0.420. The van der Waals surface area contributed by atoms with Crippen LogP contribution >= 0.6 is 0 Å². The molecule has 1 atom stereocenters. The normalized spacial score (nSPS) is 12.6. The van der Waals surface area contributed by atoms with Gasteiger partial charge in [-0.15, -0.1) is 0 Å². The van der Waals surface area contributed by atoms with E-state index >= 15 is 0 Å². The number of aliphatic hydroxyl groups is 2. The summed E-state index contributed by atoms with van der Waals surface area (Å²) in [4.78, 5) is 17.3. The van der Waals surface area contributed by atoms with Crippen molar-refractivity contribution in [3.63, 3.8) is 0 Å². The molecule has 0 spiro atoms. The number of fused-ring (bicyclic) bond motifs is 1. The molecule has 0 aliphatic heterocycles. The zero-order chi connectivity index (χ0) is 22.7. The van der Waals surface area contributed by atoms with Crippen LogP contribution in [0.15, 0.2) is 78.9 Å². The third-order valence-corrected chi connectivity index (χ3v) is 5.59. The van der Waals surface area contributed by atoms with Gasteiger partial charge in [0.1, 0.15) is 0 Å². The third kappa shape index (κ3) is 3.90. The van der Waals surface area contributed by atoms with Crippen molar-refractivity contribution in [2.24, 2.45) is 0 Å². The van der Waals surface area contributed by atoms with Gasteiger partial charge in [-0.25, -0.2) is 4.98 Å². The number of carbonyl (C=O) groups excluding carboxylic acids is 1. The third-order valence-electron chi connectivity index (χ3n) is 5.59. The summed E-state index contributed by atoms with van der Waals surface area (Å²) in [5.41, 5.74) is 1.87. The van der Waals surface area contributed by atoms with Crippen molar-refractivity contribution in [2.45, 2.75) is 32.1 Å². The summed E-state index contributed by atoms with van der Waals surface area (Å²) in [6, 6.07) is 24.3. The largest absolute Gasteiger partial charge is 0.392 e. The van der Waals surface area contributed by atoms with Crippen molar-refractivity contribution in [1.29, 1.82) is 0 Å². The molecule has 1 amide bonds. The molecule has 4 aromatic rings. The number of hydrogen-bond donors (Lipinski definition) is 3. The van der Waals surface area contributed by atoms with E-state index in [0.29, 0.717) is 34.6 Å². The Balaban J connectivity index is 1.88. The van der Waals surface area contributed by atoms with Gasteiger partial charge >= 0.3 is 0 Å². The van der Waals surface area contributed by atoms with Gasteiger partial charge in [-0.1, -0.05) is 60.7 Å². The summed E-state index contributed by atoms with van der Waals surface area (Å²) < 4.78 is 1.98. The van der Waals surface area contributed by atoms with Crippen LogP contribution in [0, 0.1) is 0 Å². The number of aromatic nitrogens is 2. The van der Waals surface area contributed by atoms with Gasteiger partial charge in [0.2, 0.25) is 0 Å². The van der Waals surface area contributed by atoms with E-state index in [0.717, 1.165) is 5.52 Å². The Morgan fingerprint density at radius 1 is 1.03 bits per heavy atom. The molecule has 3 N–H and O–H groups in total. The van der Waals surface area contributed by atoms with Crippen LogP contribution in [0.4, 0.5) is 0 Å². The van der Waals surface area contributed by atoms with Gasteiger partial charge in [-0.2, -0.15) is 0 Å². The number of amides is 1. The zero-order valence-corrected chi connectivity index (χ0v) is 18.2. The standard InChI is InChI=1S/C26H27N3O3/c1-3-29-23-15-14-19(24(31)27-17-18(2)30)16-22(23)28-25(29)26(32,20-10-6-4-7-11-20)21-12-8-5-9-13-21/h4-16,18,30,32H,3,17H2,1-2H3,(H,27,31)/t18-/m0/s1. The van der Waals surface area contributed by atoms with Crippen LogP contribution < -0.4 is 5.32 Å². The molecule has 0 saturated carbocycles. The molecule has 6 nitrogen and oxygen atoms in total. The number of hydrogen-bond acceptors (Lipinski definition) is 4. The lowest BCUT2D eigenvalue weighted by Gasteiger charge is -2.29. The van der Waals surface area contributed by atoms with Crippen molar-refractivity contribution in [2.75, 3.05) is 6.54 Å². The van der Waals surface area contributed by atoms with Crippen molar-refractivity contribution in [3.8, 4) is 0 Å². The minimum absolute atomic E-state index is 0.174. The van der Waals surface area contributed by atoms with Crippen molar-refractivity contribution >= 4 is 16.9 Å². The smallest absolute Gasteiger partial charge is 0.251 e. The molecule has 0 saturated heterocycles. The van der Waals surface area contributed by atoms with Gasteiger partial charge < -0.3 is 20.1 Å². The van der Waals surface area contributed by atoms with Gasteiger partial charge in [0.05, 0.1) is 17.1 Å². The highest BCUT2D eigenvalue weighted by Gasteiger charge is 2.38. The highest BCUT2D eigenvalue weighted by atomic mass is 16.3. The lowest BCUT2D eigenvalue weighted by molar-refractivity contribution is 0.0924. The minimum Gasteiger partial charge on any atom is -0.392 e. The van der Waals surface area contributed by atoms with E-state index in [4.69, 9.17) is 4.98 Å². The topological polar surface area (TPSA) is 87.4 Å². The number of benzene rings is 3. The van der Waals surface area contributed by atoms with E-state index < -0.39 is 11.7 Å². The van der Waals surface area contributed by atoms with Crippen LogP contribution in [-0.4, -0.2) is 38.3 Å². The van der Waals surface area contributed by atoms with E-state index in [1.54, 1.807) is 19.1 Å². The number of imidazole rings is 1. The fraction of sp³-hybridized carbons (Fsp3) is 0.231. The van der Waals surface area contributed by atoms with Crippen LogP contribution in [0.3, 0.4) is 0 Å². The molecule has 6 heteroatoms. The molecule has 32 heavy (non-hydrogen) atoms. The predicted molar refractivity (Wildman–Crippen MR) is 124 cm³/mol. The molecule has 0 unspecified atom stereocenters. The zero-order valence-electron chi connectivity index (χ0n) is 18.2. The Bertz CT molecular complexity index is 1180. The van der Waals surface area contributed by atoms with Crippen LogP contribution in [0.25, 0.3) is 11.0 Å². The Labute approximate surface area is 187 Å². The van der Waals surface area contributed by atoms with E-state index in [1.807, 2.05) is 78.2 Å². The second kappa shape index (κ2) is 8.94. The molecule has 4 rings (SSSR count). The summed E-state index contributed by atoms with van der Waals surface area (Å²) in [5, 5.41) is 24.3. The van der Waals surface area contributed by atoms with Crippen molar-refractivity contribution < 1.29 is 15.0 Å². The molecule has 3 aromatic carbocycles.